The van der Waals surface area contributed by atoms with Gasteiger partial charge in [0, 0.05) is 23.7 Å². The van der Waals surface area contributed by atoms with Crippen LogP contribution in [0.4, 0.5) is 13.2 Å². The van der Waals surface area contributed by atoms with Crippen LogP contribution in [0.5, 0.6) is 0 Å². The van der Waals surface area contributed by atoms with Crippen LogP contribution in [-0.2, 0) is 16.7 Å². The van der Waals surface area contributed by atoms with Crippen LogP contribution in [0, 0.1) is 0 Å². The summed E-state index contributed by atoms with van der Waals surface area (Å²) >= 11 is 7.38. The number of nitrogens with one attached hydrogen (secondary N) is 1. The van der Waals surface area contributed by atoms with Crippen LogP contribution >= 0.6 is 23.4 Å². The van der Waals surface area contributed by atoms with E-state index in [1.165, 1.54) is 11.8 Å². The normalized spacial score (nSPS) is 15.1. The van der Waals surface area contributed by atoms with Gasteiger partial charge in [-0.15, -0.1) is 0 Å². The molecule has 0 spiro atoms. The van der Waals surface area contributed by atoms with E-state index in [4.69, 9.17) is 11.6 Å². The molecule has 1 aliphatic rings. The average Bonchev–Trinajstić information content (AvgIpc) is 3.12. The van der Waals surface area contributed by atoms with Crippen molar-refractivity contribution in [3.63, 3.8) is 0 Å². The molecular weight excluding hydrogens is 461 g/mol. The summed E-state index contributed by atoms with van der Waals surface area (Å²) in [6.07, 6.45) is -0.441. The van der Waals surface area contributed by atoms with Crippen molar-refractivity contribution >= 4 is 40.5 Å². The van der Waals surface area contributed by atoms with Crippen LogP contribution < -0.4 is 5.32 Å². The van der Waals surface area contributed by atoms with E-state index in [9.17, 15) is 18.0 Å². The molecule has 10 heteroatoms. The third-order valence-electron chi connectivity index (χ3n) is 4.41. The molecule has 1 aliphatic heterocycles. The standard InChI is InChI=1S/C22H14ClF3N4OS/c23-17-10-15(22(24,25)26)11-28-19(17)14-6-4-13(5-7-14)9-18-20(31)30-21(29-18)32-12-16-3-1-2-8-27-16/h1-11H,12H2,(H,29,30,31)/b18-9+. The van der Waals surface area contributed by atoms with Gasteiger partial charge in [0.25, 0.3) is 5.91 Å². The summed E-state index contributed by atoms with van der Waals surface area (Å²) in [6.45, 7) is 0. The Hall–Kier alpha value is -3.17. The quantitative estimate of drug-likeness (QED) is 0.501. The number of nitrogens with zero attached hydrogens (tertiary/aromatic N) is 3. The second kappa shape index (κ2) is 9.13. The molecule has 0 aliphatic carbocycles. The second-order valence-electron chi connectivity index (χ2n) is 6.68. The SMILES string of the molecule is O=C1NC(SCc2ccccn2)=N/C1=C/c1ccc(-c2ncc(C(F)(F)F)cc2Cl)cc1. The van der Waals surface area contributed by atoms with E-state index in [1.54, 1.807) is 36.5 Å². The number of benzene rings is 1. The lowest BCUT2D eigenvalue weighted by molar-refractivity contribution is -0.137. The molecule has 5 nitrogen and oxygen atoms in total. The largest absolute Gasteiger partial charge is 0.417 e. The van der Waals surface area contributed by atoms with Gasteiger partial charge in [-0.25, -0.2) is 4.99 Å². The number of thioether (sulfide) groups is 1. The number of aliphatic imine (C=N–C) groups is 1. The zero-order valence-corrected chi connectivity index (χ0v) is 17.8. The second-order valence-corrected chi connectivity index (χ2v) is 8.06. The Morgan fingerprint density at radius 2 is 1.88 bits per heavy atom. The van der Waals surface area contributed by atoms with Crippen molar-refractivity contribution in [2.45, 2.75) is 11.9 Å². The van der Waals surface area contributed by atoms with Crippen molar-refractivity contribution in [1.82, 2.24) is 15.3 Å². The number of carbonyl (C=O) groups is 1. The van der Waals surface area contributed by atoms with Crippen LogP contribution in [0.25, 0.3) is 17.3 Å². The van der Waals surface area contributed by atoms with Gasteiger partial charge in [0.2, 0.25) is 0 Å². The van der Waals surface area contributed by atoms with Gasteiger partial charge in [0.1, 0.15) is 5.70 Å². The first-order chi connectivity index (χ1) is 15.3. The number of rotatable bonds is 4. The van der Waals surface area contributed by atoms with E-state index in [0.29, 0.717) is 22.0 Å². The Morgan fingerprint density at radius 1 is 1.09 bits per heavy atom. The van der Waals surface area contributed by atoms with E-state index in [-0.39, 0.29) is 22.3 Å². The van der Waals surface area contributed by atoms with Crippen LogP contribution in [0.1, 0.15) is 16.8 Å². The minimum atomic E-state index is -4.51. The minimum absolute atomic E-state index is 0.0970. The molecule has 3 heterocycles. The van der Waals surface area contributed by atoms with Crippen molar-refractivity contribution in [3.8, 4) is 11.3 Å². The van der Waals surface area contributed by atoms with Gasteiger partial charge in [-0.2, -0.15) is 13.2 Å². The molecule has 0 fully saturated rings. The third-order valence-corrected chi connectivity index (χ3v) is 5.61. The minimum Gasteiger partial charge on any atom is -0.300 e. The Labute approximate surface area is 190 Å². The van der Waals surface area contributed by atoms with E-state index < -0.39 is 11.7 Å². The highest BCUT2D eigenvalue weighted by molar-refractivity contribution is 8.13. The predicted molar refractivity (Wildman–Crippen MR) is 119 cm³/mol. The average molecular weight is 475 g/mol. The van der Waals surface area contributed by atoms with Gasteiger partial charge >= 0.3 is 6.18 Å². The molecule has 0 bridgehead atoms. The van der Waals surface area contributed by atoms with Crippen molar-refractivity contribution in [3.05, 3.63) is 88.5 Å². The van der Waals surface area contributed by atoms with Crippen LogP contribution in [0.2, 0.25) is 5.02 Å². The lowest BCUT2D eigenvalue weighted by atomic mass is 10.1. The molecule has 2 aromatic heterocycles. The van der Waals surface area contributed by atoms with Gasteiger partial charge < -0.3 is 0 Å². The summed E-state index contributed by atoms with van der Waals surface area (Å²) in [7, 11) is 0. The van der Waals surface area contributed by atoms with Crippen molar-refractivity contribution in [2.24, 2.45) is 4.99 Å². The summed E-state index contributed by atoms with van der Waals surface area (Å²) in [5, 5.41) is 3.11. The first-order valence-electron chi connectivity index (χ1n) is 9.27. The zero-order chi connectivity index (χ0) is 22.7. The fourth-order valence-corrected chi connectivity index (χ4v) is 3.90. The van der Waals surface area contributed by atoms with Crippen molar-refractivity contribution in [2.75, 3.05) is 0 Å². The molecule has 0 unspecified atom stereocenters. The molecule has 1 aromatic carbocycles. The third kappa shape index (κ3) is 5.17. The van der Waals surface area contributed by atoms with Crippen LogP contribution in [0.3, 0.4) is 0 Å². The number of alkyl halides is 3. The van der Waals surface area contributed by atoms with Gasteiger partial charge in [0.15, 0.2) is 5.17 Å². The number of carbonyl (C=O) groups excluding carboxylic acids is 1. The van der Waals surface area contributed by atoms with Crippen molar-refractivity contribution < 1.29 is 18.0 Å². The maximum atomic E-state index is 12.8. The summed E-state index contributed by atoms with van der Waals surface area (Å²) < 4.78 is 38.4. The summed E-state index contributed by atoms with van der Waals surface area (Å²) in [6, 6.07) is 13.2. The Kier molecular flexibility index (Phi) is 6.29. The molecule has 0 saturated carbocycles. The van der Waals surface area contributed by atoms with Crippen molar-refractivity contribution in [1.29, 1.82) is 0 Å². The molecular formula is C22H14ClF3N4OS. The highest BCUT2D eigenvalue weighted by Gasteiger charge is 2.31. The molecule has 162 valence electrons. The molecule has 32 heavy (non-hydrogen) atoms. The molecule has 1 amide bonds. The number of halogens is 4. The highest BCUT2D eigenvalue weighted by atomic mass is 35.5. The molecule has 1 N–H and O–H groups in total. The first kappa shape index (κ1) is 22.0. The topological polar surface area (TPSA) is 67.2 Å². The molecule has 0 atom stereocenters. The fourth-order valence-electron chi connectivity index (χ4n) is 2.84. The summed E-state index contributed by atoms with van der Waals surface area (Å²) in [5.74, 6) is 0.257. The van der Waals surface area contributed by atoms with Crippen LogP contribution in [-0.4, -0.2) is 21.0 Å². The first-order valence-corrected chi connectivity index (χ1v) is 10.6. The molecule has 0 saturated heterocycles. The van der Waals surface area contributed by atoms with Gasteiger partial charge in [-0.1, -0.05) is 53.7 Å². The highest BCUT2D eigenvalue weighted by Crippen LogP contribution is 2.34. The number of amides is 1. The molecule has 3 aromatic rings. The monoisotopic (exact) mass is 474 g/mol. The number of amidine groups is 1. The molecule has 4 rings (SSSR count). The summed E-state index contributed by atoms with van der Waals surface area (Å²) in [5.41, 5.74) is 1.71. The lowest BCUT2D eigenvalue weighted by Crippen LogP contribution is -2.21. The Balaban J connectivity index is 1.48. The van der Waals surface area contributed by atoms with E-state index >= 15 is 0 Å². The number of aromatic nitrogens is 2. The maximum absolute atomic E-state index is 12.8. The van der Waals surface area contributed by atoms with E-state index in [1.807, 2.05) is 18.2 Å². The van der Waals surface area contributed by atoms with Gasteiger partial charge in [-0.3, -0.25) is 20.1 Å². The Morgan fingerprint density at radius 3 is 2.53 bits per heavy atom. The fraction of sp³-hybridized carbons (Fsp3) is 0.0909. The lowest BCUT2D eigenvalue weighted by Gasteiger charge is -2.09. The maximum Gasteiger partial charge on any atom is 0.417 e. The zero-order valence-electron chi connectivity index (χ0n) is 16.2. The number of hydrogen-bond acceptors (Lipinski definition) is 5. The predicted octanol–water partition coefficient (Wildman–Crippen LogP) is 5.58. The Bertz CT molecular complexity index is 1210. The van der Waals surface area contributed by atoms with E-state index in [0.717, 1.165) is 18.0 Å². The molecule has 0 radical (unpaired) electrons. The van der Waals surface area contributed by atoms with Gasteiger partial charge in [0.05, 0.1) is 22.0 Å². The number of pyridine rings is 2. The van der Waals surface area contributed by atoms with E-state index in [2.05, 4.69) is 20.3 Å². The number of hydrogen-bond donors (Lipinski definition) is 1. The smallest absolute Gasteiger partial charge is 0.300 e. The van der Waals surface area contributed by atoms with Crippen LogP contribution in [0.15, 0.2) is 71.6 Å². The summed E-state index contributed by atoms with van der Waals surface area (Å²) in [4.78, 5) is 24.6. The van der Waals surface area contributed by atoms with Gasteiger partial charge in [-0.05, 0) is 29.8 Å².